The van der Waals surface area contributed by atoms with Crippen molar-refractivity contribution in [2.75, 3.05) is 19.3 Å². The molecular formula is C13H17NO3S2. The van der Waals surface area contributed by atoms with Crippen molar-refractivity contribution in [1.82, 2.24) is 4.90 Å². The summed E-state index contributed by atoms with van der Waals surface area (Å²) in [4.78, 5) is 26.1. The van der Waals surface area contributed by atoms with E-state index in [0.29, 0.717) is 0 Å². The van der Waals surface area contributed by atoms with Gasteiger partial charge in [-0.1, -0.05) is 6.92 Å². The fraction of sp³-hybridized carbons (Fsp3) is 0.538. The lowest BCUT2D eigenvalue weighted by molar-refractivity contribution is -0.142. The zero-order valence-electron chi connectivity index (χ0n) is 11.0. The van der Waals surface area contributed by atoms with E-state index in [4.69, 9.17) is 5.11 Å². The van der Waals surface area contributed by atoms with Gasteiger partial charge >= 0.3 is 5.97 Å². The Morgan fingerprint density at radius 1 is 1.58 bits per heavy atom. The molecule has 2 rings (SSSR count). The number of thioether (sulfide) groups is 1. The molecule has 1 N–H and O–H groups in total. The monoisotopic (exact) mass is 299 g/mol. The molecule has 1 aliphatic rings. The molecule has 2 atom stereocenters. The third-order valence-corrected chi connectivity index (χ3v) is 5.47. The second-order valence-electron chi connectivity index (χ2n) is 4.76. The van der Waals surface area contributed by atoms with Crippen LogP contribution in [0.2, 0.25) is 0 Å². The van der Waals surface area contributed by atoms with Crippen LogP contribution in [0.5, 0.6) is 0 Å². The molecule has 0 radical (unpaired) electrons. The molecule has 1 aromatic rings. The quantitative estimate of drug-likeness (QED) is 0.926. The summed E-state index contributed by atoms with van der Waals surface area (Å²) in [5, 5.41) is 10.8. The van der Waals surface area contributed by atoms with Crippen molar-refractivity contribution >= 4 is 35.0 Å². The van der Waals surface area contributed by atoms with Crippen LogP contribution in [0.15, 0.2) is 11.4 Å². The molecule has 0 saturated carbocycles. The van der Waals surface area contributed by atoms with E-state index >= 15 is 0 Å². The Hall–Kier alpha value is -1.01. The predicted molar refractivity (Wildman–Crippen MR) is 77.7 cm³/mol. The number of carboxylic acid groups (broad SMARTS) is 1. The summed E-state index contributed by atoms with van der Waals surface area (Å²) in [6, 6.07) is 2.02. The number of rotatable bonds is 4. The van der Waals surface area contributed by atoms with Crippen molar-refractivity contribution in [3.8, 4) is 0 Å². The first kappa shape index (κ1) is 14.4. The van der Waals surface area contributed by atoms with Gasteiger partial charge in [-0.2, -0.15) is 0 Å². The van der Waals surface area contributed by atoms with E-state index in [1.165, 1.54) is 4.88 Å². The number of fused-ring (bicyclic) bond motifs is 1. The minimum absolute atomic E-state index is 0.0115. The number of thiophene rings is 1. The van der Waals surface area contributed by atoms with Gasteiger partial charge in [0.05, 0.1) is 5.92 Å². The average molecular weight is 299 g/mol. The molecule has 4 nitrogen and oxygen atoms in total. The van der Waals surface area contributed by atoms with E-state index < -0.39 is 11.9 Å². The molecule has 104 valence electrons. The van der Waals surface area contributed by atoms with Gasteiger partial charge in [-0.15, -0.1) is 23.1 Å². The molecule has 19 heavy (non-hydrogen) atoms. The van der Waals surface area contributed by atoms with Crippen LogP contribution in [-0.4, -0.2) is 41.2 Å². The topological polar surface area (TPSA) is 57.6 Å². The molecule has 1 amide bonds. The van der Waals surface area contributed by atoms with Gasteiger partial charge in [0.25, 0.3) is 0 Å². The second kappa shape index (κ2) is 5.96. The zero-order valence-corrected chi connectivity index (χ0v) is 12.6. The number of aliphatic carboxylic acids is 1. The fourth-order valence-electron chi connectivity index (χ4n) is 2.13. The highest BCUT2D eigenvalue weighted by Gasteiger charge is 2.31. The minimum Gasteiger partial charge on any atom is -0.481 e. The summed E-state index contributed by atoms with van der Waals surface area (Å²) in [7, 11) is 1.68. The maximum absolute atomic E-state index is 12.4. The summed E-state index contributed by atoms with van der Waals surface area (Å²) in [5.74, 6) is -0.444. The predicted octanol–water partition coefficient (Wildman–Crippen LogP) is 2.26. The summed E-state index contributed by atoms with van der Waals surface area (Å²) in [5.41, 5.74) is 1.11. The van der Waals surface area contributed by atoms with Gasteiger partial charge in [-0.25, -0.2) is 0 Å². The maximum atomic E-state index is 12.4. The van der Waals surface area contributed by atoms with E-state index in [9.17, 15) is 9.59 Å². The normalized spacial score (nSPS) is 19.6. The maximum Gasteiger partial charge on any atom is 0.308 e. The molecule has 0 unspecified atom stereocenters. The Morgan fingerprint density at radius 2 is 2.32 bits per heavy atom. The van der Waals surface area contributed by atoms with Crippen LogP contribution < -0.4 is 0 Å². The van der Waals surface area contributed by atoms with Gasteiger partial charge in [0.15, 0.2) is 0 Å². The summed E-state index contributed by atoms with van der Waals surface area (Å²) < 4.78 is 0. The van der Waals surface area contributed by atoms with Crippen LogP contribution in [-0.2, 0) is 16.0 Å². The van der Waals surface area contributed by atoms with Crippen LogP contribution >= 0.6 is 23.1 Å². The van der Waals surface area contributed by atoms with Crippen molar-refractivity contribution in [2.24, 2.45) is 5.92 Å². The first-order valence-electron chi connectivity index (χ1n) is 6.16. The summed E-state index contributed by atoms with van der Waals surface area (Å²) >= 11 is 3.35. The molecule has 0 aliphatic carbocycles. The highest BCUT2D eigenvalue weighted by atomic mass is 32.2. The Bertz CT molecular complexity index is 486. The van der Waals surface area contributed by atoms with E-state index in [0.717, 1.165) is 17.7 Å². The summed E-state index contributed by atoms with van der Waals surface area (Å²) in [6.45, 7) is 1.88. The molecule has 1 aliphatic heterocycles. The lowest BCUT2D eigenvalue weighted by Crippen LogP contribution is -2.36. The number of carbonyl (C=O) groups excluding carboxylic acids is 1. The zero-order chi connectivity index (χ0) is 14.0. The number of aryl methyl sites for hydroxylation is 1. The lowest BCUT2D eigenvalue weighted by Gasteiger charge is -2.27. The highest BCUT2D eigenvalue weighted by molar-refractivity contribution is 8.00. The standard InChI is InChI=1S/C13H17NO3S2/c1-8(13(16)17)7-14(2)12(15)11-9-3-5-18-10(9)4-6-19-11/h3,5,8,11H,4,6-7H2,1-2H3,(H,16,17)/t8-,11+/m1/s1. The Balaban J connectivity index is 2.07. The Labute approximate surface area is 120 Å². The van der Waals surface area contributed by atoms with Gasteiger partial charge in [-0.05, 0) is 29.2 Å². The van der Waals surface area contributed by atoms with Gasteiger partial charge < -0.3 is 10.0 Å². The van der Waals surface area contributed by atoms with Crippen molar-refractivity contribution in [1.29, 1.82) is 0 Å². The molecule has 2 heterocycles. The minimum atomic E-state index is -0.868. The molecule has 6 heteroatoms. The molecule has 0 aromatic carbocycles. The van der Waals surface area contributed by atoms with Crippen molar-refractivity contribution in [3.05, 3.63) is 21.9 Å². The van der Waals surface area contributed by atoms with E-state index in [2.05, 4.69) is 0 Å². The fourth-order valence-corrected chi connectivity index (χ4v) is 4.54. The number of hydrogen-bond acceptors (Lipinski definition) is 4. The number of hydrogen-bond donors (Lipinski definition) is 1. The first-order valence-corrected chi connectivity index (χ1v) is 8.09. The number of amides is 1. The van der Waals surface area contributed by atoms with Gasteiger partial charge in [-0.3, -0.25) is 9.59 Å². The molecule has 0 saturated heterocycles. The van der Waals surface area contributed by atoms with E-state index in [1.54, 1.807) is 42.0 Å². The third-order valence-electron chi connectivity index (χ3n) is 3.25. The van der Waals surface area contributed by atoms with Crippen LogP contribution in [0, 0.1) is 5.92 Å². The second-order valence-corrected chi connectivity index (χ2v) is 6.97. The van der Waals surface area contributed by atoms with Gasteiger partial charge in [0.2, 0.25) is 5.91 Å². The molecule has 0 fully saturated rings. The number of likely N-dealkylation sites (N-methyl/N-ethyl adjacent to an activating group) is 1. The highest BCUT2D eigenvalue weighted by Crippen LogP contribution is 2.40. The van der Waals surface area contributed by atoms with Crippen LogP contribution in [0.25, 0.3) is 0 Å². The van der Waals surface area contributed by atoms with Crippen LogP contribution in [0.4, 0.5) is 0 Å². The molecule has 0 spiro atoms. The lowest BCUT2D eigenvalue weighted by atomic mass is 10.1. The summed E-state index contributed by atoms with van der Waals surface area (Å²) in [6.07, 6.45) is 1.02. The van der Waals surface area contributed by atoms with Gasteiger partial charge in [0, 0.05) is 18.5 Å². The van der Waals surface area contributed by atoms with Crippen molar-refractivity contribution in [3.63, 3.8) is 0 Å². The average Bonchev–Trinajstić information content (AvgIpc) is 2.85. The SMILES string of the molecule is C[C@H](CN(C)C(=O)[C@H]1SCCc2sccc21)C(=O)O. The van der Waals surface area contributed by atoms with Crippen LogP contribution in [0.1, 0.15) is 22.6 Å². The van der Waals surface area contributed by atoms with E-state index in [1.807, 2.05) is 11.4 Å². The van der Waals surface area contributed by atoms with Crippen molar-refractivity contribution < 1.29 is 14.7 Å². The third kappa shape index (κ3) is 3.12. The number of carboxylic acids is 1. The smallest absolute Gasteiger partial charge is 0.308 e. The van der Waals surface area contributed by atoms with E-state index in [-0.39, 0.29) is 17.7 Å². The van der Waals surface area contributed by atoms with Crippen molar-refractivity contribution in [2.45, 2.75) is 18.6 Å². The molecular weight excluding hydrogens is 282 g/mol. The largest absolute Gasteiger partial charge is 0.481 e. The molecule has 0 bridgehead atoms. The molecule has 1 aromatic heterocycles. The Morgan fingerprint density at radius 3 is 3.00 bits per heavy atom. The Kier molecular flexibility index (Phi) is 4.52. The van der Waals surface area contributed by atoms with Crippen LogP contribution in [0.3, 0.4) is 0 Å². The number of carbonyl (C=O) groups is 2. The first-order chi connectivity index (χ1) is 9.00. The van der Waals surface area contributed by atoms with Gasteiger partial charge in [0.1, 0.15) is 5.25 Å². The number of nitrogens with zero attached hydrogens (tertiary/aromatic N) is 1.